The van der Waals surface area contributed by atoms with Gasteiger partial charge in [0.2, 0.25) is 5.78 Å². The molecule has 1 aromatic heterocycles. The SMILES string of the molecule is N#CC(=Cc1cc(Br)c(Sc2ccccc2)o1)C(=O)c1cccc([N+](=O)[O-])c1. The van der Waals surface area contributed by atoms with Crippen LogP contribution < -0.4 is 0 Å². The summed E-state index contributed by atoms with van der Waals surface area (Å²) in [5, 5.41) is 20.8. The van der Waals surface area contributed by atoms with Crippen LogP contribution in [0.25, 0.3) is 6.08 Å². The maximum atomic E-state index is 12.6. The van der Waals surface area contributed by atoms with Gasteiger partial charge in [0.15, 0.2) is 5.09 Å². The molecule has 0 unspecified atom stereocenters. The van der Waals surface area contributed by atoms with Gasteiger partial charge in [0.1, 0.15) is 17.4 Å². The second-order valence-electron chi connectivity index (χ2n) is 5.51. The summed E-state index contributed by atoms with van der Waals surface area (Å²) in [6, 6.07) is 18.3. The van der Waals surface area contributed by atoms with E-state index in [0.29, 0.717) is 15.3 Å². The van der Waals surface area contributed by atoms with E-state index in [4.69, 9.17) is 4.42 Å². The van der Waals surface area contributed by atoms with Crippen molar-refractivity contribution in [1.29, 1.82) is 5.26 Å². The van der Waals surface area contributed by atoms with Crippen molar-refractivity contribution in [3.8, 4) is 6.07 Å². The lowest BCUT2D eigenvalue weighted by Crippen LogP contribution is -2.02. The fourth-order valence-electron chi connectivity index (χ4n) is 2.31. The number of non-ortho nitro benzene ring substituents is 1. The Morgan fingerprint density at radius 2 is 1.93 bits per heavy atom. The molecule has 0 aliphatic heterocycles. The number of nitriles is 1. The number of carbonyl (C=O) groups is 1. The van der Waals surface area contributed by atoms with Crippen LogP contribution in [0, 0.1) is 21.4 Å². The topological polar surface area (TPSA) is 97.1 Å². The first-order chi connectivity index (χ1) is 13.5. The van der Waals surface area contributed by atoms with Crippen LogP contribution in [0.15, 0.2) is 85.1 Å². The molecule has 0 fully saturated rings. The largest absolute Gasteiger partial charge is 0.449 e. The van der Waals surface area contributed by atoms with Gasteiger partial charge in [-0.3, -0.25) is 14.9 Å². The van der Waals surface area contributed by atoms with Gasteiger partial charge in [-0.2, -0.15) is 5.26 Å². The minimum absolute atomic E-state index is 0.0616. The Morgan fingerprint density at radius 1 is 1.18 bits per heavy atom. The van der Waals surface area contributed by atoms with Crippen LogP contribution in [-0.2, 0) is 0 Å². The Bertz CT molecular complexity index is 1120. The number of furan rings is 1. The van der Waals surface area contributed by atoms with Crippen molar-refractivity contribution in [2.24, 2.45) is 0 Å². The molecule has 0 radical (unpaired) electrons. The van der Waals surface area contributed by atoms with E-state index < -0.39 is 10.7 Å². The predicted molar refractivity (Wildman–Crippen MR) is 108 cm³/mol. The highest BCUT2D eigenvalue weighted by Gasteiger charge is 2.17. The Hall–Kier alpha value is -3.15. The van der Waals surface area contributed by atoms with Crippen molar-refractivity contribution in [3.05, 3.63) is 92.1 Å². The Labute approximate surface area is 172 Å². The monoisotopic (exact) mass is 454 g/mol. The van der Waals surface area contributed by atoms with E-state index in [1.165, 1.54) is 36.0 Å². The predicted octanol–water partition coefficient (Wildman–Crippen LogP) is 5.89. The fraction of sp³-hybridized carbons (Fsp3) is 0. The van der Waals surface area contributed by atoms with E-state index in [1.807, 2.05) is 36.4 Å². The molecule has 3 rings (SSSR count). The maximum Gasteiger partial charge on any atom is 0.270 e. The standard InChI is InChI=1S/C20H11BrN2O4S/c21-18-11-16(27-20(18)28-17-7-2-1-3-8-17)10-14(12-22)19(24)13-5-4-6-15(9-13)23(25)26/h1-11H. The van der Waals surface area contributed by atoms with Gasteiger partial charge >= 0.3 is 0 Å². The maximum absolute atomic E-state index is 12.6. The van der Waals surface area contributed by atoms with Gasteiger partial charge in [0.25, 0.3) is 5.69 Å². The number of Topliss-reactive ketones (excluding diaryl/α,β-unsaturated/α-hetero) is 1. The van der Waals surface area contributed by atoms with Crippen LogP contribution in [0.1, 0.15) is 16.1 Å². The van der Waals surface area contributed by atoms with Crippen molar-refractivity contribution in [2.75, 3.05) is 0 Å². The van der Waals surface area contributed by atoms with Crippen molar-refractivity contribution >= 4 is 45.2 Å². The molecular formula is C20H11BrN2O4S. The summed E-state index contributed by atoms with van der Waals surface area (Å²) in [5.74, 6) is -0.295. The average Bonchev–Trinajstić information content (AvgIpc) is 3.05. The first kappa shape index (κ1) is 19.6. The van der Waals surface area contributed by atoms with E-state index in [2.05, 4.69) is 15.9 Å². The van der Waals surface area contributed by atoms with Gasteiger partial charge in [-0.05, 0) is 34.1 Å². The van der Waals surface area contributed by atoms with Crippen LogP contribution in [0.4, 0.5) is 5.69 Å². The van der Waals surface area contributed by atoms with Gasteiger partial charge in [-0.25, -0.2) is 0 Å². The normalized spacial score (nSPS) is 11.1. The molecule has 0 amide bonds. The third-order valence-corrected chi connectivity index (χ3v) is 5.45. The summed E-state index contributed by atoms with van der Waals surface area (Å²) in [5.41, 5.74) is -0.338. The number of nitro benzene ring substituents is 1. The molecule has 0 saturated heterocycles. The van der Waals surface area contributed by atoms with Gasteiger partial charge in [0, 0.05) is 28.7 Å². The fourth-order valence-corrected chi connectivity index (χ4v) is 3.66. The number of hydrogen-bond acceptors (Lipinski definition) is 6. The molecule has 8 heteroatoms. The lowest BCUT2D eigenvalue weighted by Gasteiger charge is -1.99. The van der Waals surface area contributed by atoms with E-state index >= 15 is 0 Å². The molecule has 28 heavy (non-hydrogen) atoms. The summed E-state index contributed by atoms with van der Waals surface area (Å²) < 4.78 is 6.41. The Balaban J connectivity index is 1.88. The molecule has 0 aliphatic rings. The van der Waals surface area contributed by atoms with Gasteiger partial charge in [0.05, 0.1) is 9.40 Å². The molecule has 2 aromatic carbocycles. The number of nitro groups is 1. The molecule has 3 aromatic rings. The third kappa shape index (κ3) is 4.57. The van der Waals surface area contributed by atoms with Crippen LogP contribution in [-0.4, -0.2) is 10.7 Å². The number of benzene rings is 2. The molecule has 0 N–H and O–H groups in total. The van der Waals surface area contributed by atoms with Crippen LogP contribution in [0.5, 0.6) is 0 Å². The molecule has 0 saturated carbocycles. The number of allylic oxidation sites excluding steroid dienone is 1. The number of hydrogen-bond donors (Lipinski definition) is 0. The van der Waals surface area contributed by atoms with E-state index in [9.17, 15) is 20.2 Å². The van der Waals surface area contributed by atoms with Crippen molar-refractivity contribution in [3.63, 3.8) is 0 Å². The zero-order valence-corrected chi connectivity index (χ0v) is 16.6. The molecular weight excluding hydrogens is 444 g/mol. The lowest BCUT2D eigenvalue weighted by molar-refractivity contribution is -0.384. The summed E-state index contributed by atoms with van der Waals surface area (Å²) in [6.45, 7) is 0. The molecule has 6 nitrogen and oxygen atoms in total. The molecule has 138 valence electrons. The Kier molecular flexibility index (Phi) is 6.09. The smallest absolute Gasteiger partial charge is 0.270 e. The second kappa shape index (κ2) is 8.69. The van der Waals surface area contributed by atoms with Gasteiger partial charge < -0.3 is 4.42 Å². The third-order valence-electron chi connectivity index (χ3n) is 3.60. The first-order valence-corrected chi connectivity index (χ1v) is 9.52. The quantitative estimate of drug-likeness (QED) is 0.151. The minimum Gasteiger partial charge on any atom is -0.449 e. The van der Waals surface area contributed by atoms with Crippen LogP contribution in [0.2, 0.25) is 0 Å². The number of nitrogens with zero attached hydrogens (tertiary/aromatic N) is 2. The van der Waals surface area contributed by atoms with Gasteiger partial charge in [-0.15, -0.1) is 0 Å². The Morgan fingerprint density at radius 3 is 2.61 bits per heavy atom. The van der Waals surface area contributed by atoms with Crippen LogP contribution in [0.3, 0.4) is 0 Å². The lowest BCUT2D eigenvalue weighted by atomic mass is 10.0. The minimum atomic E-state index is -0.615. The summed E-state index contributed by atoms with van der Waals surface area (Å²) >= 11 is 4.80. The first-order valence-electron chi connectivity index (χ1n) is 7.91. The van der Waals surface area contributed by atoms with Crippen molar-refractivity contribution < 1.29 is 14.1 Å². The van der Waals surface area contributed by atoms with E-state index in [0.717, 1.165) is 11.0 Å². The molecule has 1 heterocycles. The highest BCUT2D eigenvalue weighted by Crippen LogP contribution is 2.36. The number of rotatable bonds is 6. The zero-order valence-electron chi connectivity index (χ0n) is 14.2. The van der Waals surface area contributed by atoms with Crippen molar-refractivity contribution in [2.45, 2.75) is 9.99 Å². The number of carbonyl (C=O) groups excluding carboxylic acids is 1. The zero-order chi connectivity index (χ0) is 20.1. The van der Waals surface area contributed by atoms with Crippen LogP contribution >= 0.6 is 27.7 Å². The van der Waals surface area contributed by atoms with E-state index in [-0.39, 0.29) is 16.8 Å². The highest BCUT2D eigenvalue weighted by atomic mass is 79.9. The van der Waals surface area contributed by atoms with Gasteiger partial charge in [-0.1, -0.05) is 42.1 Å². The van der Waals surface area contributed by atoms with Crippen molar-refractivity contribution in [1.82, 2.24) is 0 Å². The summed E-state index contributed by atoms with van der Waals surface area (Å²) in [7, 11) is 0. The summed E-state index contributed by atoms with van der Waals surface area (Å²) in [4.78, 5) is 23.8. The summed E-state index contributed by atoms with van der Waals surface area (Å²) in [6.07, 6.45) is 1.32. The van der Waals surface area contributed by atoms with E-state index in [1.54, 1.807) is 6.07 Å². The number of halogens is 1. The molecule has 0 spiro atoms. The highest BCUT2D eigenvalue weighted by molar-refractivity contribution is 9.10. The number of ketones is 1. The molecule has 0 atom stereocenters. The second-order valence-corrected chi connectivity index (χ2v) is 7.41. The molecule has 0 aliphatic carbocycles. The average molecular weight is 455 g/mol. The molecule has 0 bridgehead atoms.